The van der Waals surface area contributed by atoms with Crippen molar-refractivity contribution in [1.29, 1.82) is 0 Å². The van der Waals surface area contributed by atoms with Crippen molar-refractivity contribution in [3.8, 4) is 0 Å². The predicted octanol–water partition coefficient (Wildman–Crippen LogP) is -0.375. The summed E-state index contributed by atoms with van der Waals surface area (Å²) in [7, 11) is -3.38. The summed E-state index contributed by atoms with van der Waals surface area (Å²) >= 11 is 0. The Bertz CT molecular complexity index is 379. The van der Waals surface area contributed by atoms with Gasteiger partial charge in [0.25, 0.3) is 0 Å². The van der Waals surface area contributed by atoms with Crippen molar-refractivity contribution < 1.29 is 23.0 Å². The Kier molecular flexibility index (Phi) is 4.28. The molecule has 2 saturated heterocycles. The van der Waals surface area contributed by atoms with Crippen LogP contribution < -0.4 is 4.72 Å². The van der Waals surface area contributed by atoms with Crippen LogP contribution in [0.4, 0.5) is 0 Å². The summed E-state index contributed by atoms with van der Waals surface area (Å²) in [6.07, 6.45) is 1.15. The average Bonchev–Trinajstić information content (AvgIpc) is 2.69. The fourth-order valence-corrected chi connectivity index (χ4v) is 3.83. The van der Waals surface area contributed by atoms with Gasteiger partial charge in [-0.3, -0.25) is 0 Å². The minimum Gasteiger partial charge on any atom is -0.386 e. The minimum atomic E-state index is -3.38. The summed E-state index contributed by atoms with van der Waals surface area (Å²) in [6, 6.07) is 0. The highest BCUT2D eigenvalue weighted by Gasteiger charge is 2.41. The Balaban J connectivity index is 1.92. The van der Waals surface area contributed by atoms with Crippen LogP contribution in [0.3, 0.4) is 0 Å². The van der Waals surface area contributed by atoms with Crippen molar-refractivity contribution in [3.05, 3.63) is 0 Å². The first-order chi connectivity index (χ1) is 8.44. The lowest BCUT2D eigenvalue weighted by Gasteiger charge is -2.28. The molecule has 106 valence electrons. The number of sulfonamides is 1. The van der Waals surface area contributed by atoms with Gasteiger partial charge >= 0.3 is 0 Å². The molecule has 0 saturated carbocycles. The Hall–Kier alpha value is -0.210. The first-order valence-corrected chi connectivity index (χ1v) is 7.89. The monoisotopic (exact) mass is 279 g/mol. The van der Waals surface area contributed by atoms with Crippen LogP contribution in [0, 0.1) is 0 Å². The highest BCUT2D eigenvalue weighted by molar-refractivity contribution is 7.90. The molecule has 2 heterocycles. The van der Waals surface area contributed by atoms with E-state index in [0.29, 0.717) is 39.1 Å². The van der Waals surface area contributed by atoms with Gasteiger partial charge in [0.15, 0.2) is 0 Å². The van der Waals surface area contributed by atoms with E-state index in [2.05, 4.69) is 4.72 Å². The standard InChI is InChI=1S/C11H21NO5S/c1-9-11(13,4-7-17-9)8-12-18(14,15)10-2-5-16-6-3-10/h9-10,12-13H,2-8H2,1H3. The van der Waals surface area contributed by atoms with Crippen LogP contribution in [0.5, 0.6) is 0 Å². The van der Waals surface area contributed by atoms with Crippen LogP contribution in [0.1, 0.15) is 26.2 Å². The van der Waals surface area contributed by atoms with Crippen LogP contribution >= 0.6 is 0 Å². The maximum Gasteiger partial charge on any atom is 0.214 e. The van der Waals surface area contributed by atoms with E-state index in [4.69, 9.17) is 9.47 Å². The Labute approximate surface area is 108 Å². The molecule has 0 bridgehead atoms. The zero-order valence-corrected chi connectivity index (χ0v) is 11.4. The number of aliphatic hydroxyl groups is 1. The predicted molar refractivity (Wildman–Crippen MR) is 65.7 cm³/mol. The van der Waals surface area contributed by atoms with E-state index in [9.17, 15) is 13.5 Å². The molecule has 2 unspecified atom stereocenters. The normalized spacial score (nSPS) is 34.9. The first-order valence-electron chi connectivity index (χ1n) is 6.34. The van der Waals surface area contributed by atoms with E-state index in [0.717, 1.165) is 0 Å². The fraction of sp³-hybridized carbons (Fsp3) is 1.00. The molecule has 0 amide bonds. The molecule has 0 spiro atoms. The lowest BCUT2D eigenvalue weighted by atomic mass is 9.97. The van der Waals surface area contributed by atoms with Crippen molar-refractivity contribution in [2.45, 2.75) is 43.1 Å². The quantitative estimate of drug-likeness (QED) is 0.733. The molecule has 7 heteroatoms. The fourth-order valence-electron chi connectivity index (χ4n) is 2.33. The lowest BCUT2D eigenvalue weighted by Crippen LogP contribution is -2.49. The summed E-state index contributed by atoms with van der Waals surface area (Å²) in [5, 5.41) is 9.84. The van der Waals surface area contributed by atoms with E-state index < -0.39 is 20.9 Å². The van der Waals surface area contributed by atoms with Gasteiger partial charge in [0.05, 0.1) is 11.4 Å². The molecule has 0 aliphatic carbocycles. The lowest BCUT2D eigenvalue weighted by molar-refractivity contribution is -0.0229. The number of rotatable bonds is 4. The Morgan fingerprint density at radius 2 is 2.00 bits per heavy atom. The molecule has 2 N–H and O–H groups in total. The topological polar surface area (TPSA) is 84.9 Å². The summed E-state index contributed by atoms with van der Waals surface area (Å²) in [4.78, 5) is 0. The maximum atomic E-state index is 12.1. The van der Waals surface area contributed by atoms with E-state index in [1.54, 1.807) is 6.92 Å². The molecule has 2 aliphatic rings. The van der Waals surface area contributed by atoms with Gasteiger partial charge in [0, 0.05) is 32.8 Å². The molecule has 0 aromatic carbocycles. The smallest absolute Gasteiger partial charge is 0.214 e. The van der Waals surface area contributed by atoms with Crippen LogP contribution in [0.2, 0.25) is 0 Å². The van der Waals surface area contributed by atoms with E-state index in [1.807, 2.05) is 0 Å². The maximum absolute atomic E-state index is 12.1. The minimum absolute atomic E-state index is 0.0217. The third-order valence-electron chi connectivity index (χ3n) is 3.85. The van der Waals surface area contributed by atoms with Gasteiger partial charge in [0.2, 0.25) is 10.0 Å². The van der Waals surface area contributed by atoms with Gasteiger partial charge in [-0.05, 0) is 19.8 Å². The summed E-state index contributed by atoms with van der Waals surface area (Å²) in [6.45, 7) is 3.21. The van der Waals surface area contributed by atoms with E-state index >= 15 is 0 Å². The second-order valence-electron chi connectivity index (χ2n) is 5.04. The SMILES string of the molecule is CC1OCCC1(O)CNS(=O)(=O)C1CCOCC1. The summed E-state index contributed by atoms with van der Waals surface area (Å²) < 4.78 is 37.1. The zero-order chi connectivity index (χ0) is 13.2. The number of ether oxygens (including phenoxy) is 2. The Morgan fingerprint density at radius 3 is 2.56 bits per heavy atom. The highest BCUT2D eigenvalue weighted by atomic mass is 32.2. The van der Waals surface area contributed by atoms with Gasteiger partial charge in [-0.25, -0.2) is 13.1 Å². The van der Waals surface area contributed by atoms with Crippen molar-refractivity contribution in [3.63, 3.8) is 0 Å². The second kappa shape index (κ2) is 5.42. The number of nitrogens with one attached hydrogen (secondary N) is 1. The molecule has 2 aliphatic heterocycles. The largest absolute Gasteiger partial charge is 0.386 e. The van der Waals surface area contributed by atoms with Gasteiger partial charge in [-0.2, -0.15) is 0 Å². The van der Waals surface area contributed by atoms with Crippen molar-refractivity contribution in [1.82, 2.24) is 4.72 Å². The number of hydrogen-bond acceptors (Lipinski definition) is 5. The van der Waals surface area contributed by atoms with Crippen LogP contribution in [0.15, 0.2) is 0 Å². The summed E-state index contributed by atoms with van der Waals surface area (Å²) in [5.41, 5.74) is -1.09. The van der Waals surface area contributed by atoms with Gasteiger partial charge in [-0.1, -0.05) is 0 Å². The van der Waals surface area contributed by atoms with E-state index in [1.165, 1.54) is 0 Å². The average molecular weight is 279 g/mol. The second-order valence-corrected chi connectivity index (χ2v) is 7.09. The van der Waals surface area contributed by atoms with Gasteiger partial charge in [-0.15, -0.1) is 0 Å². The van der Waals surface area contributed by atoms with Crippen molar-refractivity contribution in [2.24, 2.45) is 0 Å². The molecule has 2 fully saturated rings. The highest BCUT2D eigenvalue weighted by Crippen LogP contribution is 2.25. The Morgan fingerprint density at radius 1 is 1.33 bits per heavy atom. The van der Waals surface area contributed by atoms with Gasteiger partial charge < -0.3 is 14.6 Å². The molecular formula is C11H21NO5S. The molecule has 0 aromatic rings. The summed E-state index contributed by atoms with van der Waals surface area (Å²) in [5.74, 6) is 0. The molecule has 2 atom stereocenters. The third kappa shape index (κ3) is 3.03. The van der Waals surface area contributed by atoms with E-state index in [-0.39, 0.29) is 12.6 Å². The molecule has 18 heavy (non-hydrogen) atoms. The molecule has 2 rings (SSSR count). The molecule has 6 nitrogen and oxygen atoms in total. The van der Waals surface area contributed by atoms with Crippen LogP contribution in [-0.2, 0) is 19.5 Å². The third-order valence-corrected chi connectivity index (χ3v) is 5.74. The van der Waals surface area contributed by atoms with Crippen LogP contribution in [-0.4, -0.2) is 56.8 Å². The molecular weight excluding hydrogens is 258 g/mol. The van der Waals surface area contributed by atoms with Crippen LogP contribution in [0.25, 0.3) is 0 Å². The molecule has 0 radical (unpaired) electrons. The first kappa shape index (κ1) is 14.2. The zero-order valence-electron chi connectivity index (χ0n) is 10.6. The van der Waals surface area contributed by atoms with Crippen molar-refractivity contribution in [2.75, 3.05) is 26.4 Å². The van der Waals surface area contributed by atoms with Gasteiger partial charge in [0.1, 0.15) is 5.60 Å². The molecule has 0 aromatic heterocycles. The number of hydrogen-bond donors (Lipinski definition) is 2. The van der Waals surface area contributed by atoms with Crippen molar-refractivity contribution >= 4 is 10.0 Å².